The van der Waals surface area contributed by atoms with Gasteiger partial charge in [0.05, 0.1) is 16.9 Å². The van der Waals surface area contributed by atoms with Crippen LogP contribution < -0.4 is 0 Å². The van der Waals surface area contributed by atoms with Crippen molar-refractivity contribution in [2.75, 3.05) is 0 Å². The van der Waals surface area contributed by atoms with Gasteiger partial charge in [0, 0.05) is 34.7 Å². The molecule has 0 radical (unpaired) electrons. The molecule has 0 spiro atoms. The third-order valence-electron chi connectivity index (χ3n) is 6.78. The van der Waals surface area contributed by atoms with Gasteiger partial charge in [-0.25, -0.2) is 9.97 Å². The molecule has 1 aliphatic rings. The van der Waals surface area contributed by atoms with Gasteiger partial charge in [-0.05, 0) is 40.5 Å². The van der Waals surface area contributed by atoms with E-state index in [1.54, 1.807) is 0 Å². The average molecular weight is 448 g/mol. The number of hydrogen-bond acceptors (Lipinski definition) is 3. The lowest BCUT2D eigenvalue weighted by Gasteiger charge is -2.11. The van der Waals surface area contributed by atoms with Crippen molar-refractivity contribution >= 4 is 10.9 Å². The Morgan fingerprint density at radius 3 is 2.26 bits per heavy atom. The van der Waals surface area contributed by atoms with Crippen molar-refractivity contribution < 1.29 is 0 Å². The van der Waals surface area contributed by atoms with Crippen LogP contribution in [0.5, 0.6) is 0 Å². The molecule has 0 unspecified atom stereocenters. The topological polar surface area (TPSA) is 38.7 Å². The maximum absolute atomic E-state index is 5.05. The molecular formula is C32H21N3. The summed E-state index contributed by atoms with van der Waals surface area (Å²) in [5, 5.41) is 1.05. The SMILES string of the molecule is c1ccc(-c2nc(-c3cccc(-c4nccc5c4Cc4ccccc4-5)c3)nc3ccccc23)cc1. The molecule has 0 atom stereocenters. The fourth-order valence-corrected chi connectivity index (χ4v) is 5.13. The first-order chi connectivity index (χ1) is 17.3. The quantitative estimate of drug-likeness (QED) is 0.280. The summed E-state index contributed by atoms with van der Waals surface area (Å²) in [6.45, 7) is 0. The van der Waals surface area contributed by atoms with Crippen LogP contribution >= 0.6 is 0 Å². The lowest BCUT2D eigenvalue weighted by molar-refractivity contribution is 1.20. The Kier molecular flexibility index (Phi) is 4.52. The molecule has 0 N–H and O–H groups in total. The molecule has 35 heavy (non-hydrogen) atoms. The zero-order chi connectivity index (χ0) is 23.2. The lowest BCUT2D eigenvalue weighted by atomic mass is 9.99. The van der Waals surface area contributed by atoms with E-state index in [0.29, 0.717) is 0 Å². The summed E-state index contributed by atoms with van der Waals surface area (Å²) in [6, 6.07) is 37.8. The summed E-state index contributed by atoms with van der Waals surface area (Å²) in [4.78, 5) is 14.8. The summed E-state index contributed by atoms with van der Waals surface area (Å²) < 4.78 is 0. The highest BCUT2D eigenvalue weighted by Gasteiger charge is 2.22. The van der Waals surface area contributed by atoms with Gasteiger partial charge in [-0.3, -0.25) is 4.98 Å². The summed E-state index contributed by atoms with van der Waals surface area (Å²) in [6.07, 6.45) is 2.83. The molecule has 7 rings (SSSR count). The van der Waals surface area contributed by atoms with Crippen molar-refractivity contribution in [2.24, 2.45) is 0 Å². The van der Waals surface area contributed by atoms with Crippen LogP contribution in [0.1, 0.15) is 11.1 Å². The number of nitrogens with zero attached hydrogens (tertiary/aromatic N) is 3. The summed E-state index contributed by atoms with van der Waals surface area (Å²) in [5.74, 6) is 0.722. The minimum absolute atomic E-state index is 0.722. The highest BCUT2D eigenvalue weighted by Crippen LogP contribution is 2.41. The van der Waals surface area contributed by atoms with E-state index in [1.165, 1.54) is 22.3 Å². The first-order valence-electron chi connectivity index (χ1n) is 11.8. The molecule has 0 saturated heterocycles. The number of pyridine rings is 1. The van der Waals surface area contributed by atoms with E-state index in [2.05, 4.69) is 78.9 Å². The number of rotatable bonds is 3. The number of para-hydroxylation sites is 1. The van der Waals surface area contributed by atoms with Gasteiger partial charge in [0.2, 0.25) is 0 Å². The van der Waals surface area contributed by atoms with E-state index in [-0.39, 0.29) is 0 Å². The molecule has 0 bridgehead atoms. The van der Waals surface area contributed by atoms with Gasteiger partial charge in [0.25, 0.3) is 0 Å². The minimum Gasteiger partial charge on any atom is -0.256 e. The van der Waals surface area contributed by atoms with Crippen molar-refractivity contribution in [2.45, 2.75) is 6.42 Å². The zero-order valence-corrected chi connectivity index (χ0v) is 19.0. The molecule has 164 valence electrons. The second-order valence-corrected chi connectivity index (χ2v) is 8.88. The largest absolute Gasteiger partial charge is 0.256 e. The van der Waals surface area contributed by atoms with E-state index in [9.17, 15) is 0 Å². The summed E-state index contributed by atoms with van der Waals surface area (Å²) in [7, 11) is 0. The highest BCUT2D eigenvalue weighted by atomic mass is 14.9. The van der Waals surface area contributed by atoms with Gasteiger partial charge < -0.3 is 0 Å². The van der Waals surface area contributed by atoms with Gasteiger partial charge in [-0.2, -0.15) is 0 Å². The Morgan fingerprint density at radius 1 is 0.543 bits per heavy atom. The fourth-order valence-electron chi connectivity index (χ4n) is 5.13. The molecule has 2 aromatic heterocycles. The fraction of sp³-hybridized carbons (Fsp3) is 0.0312. The Labute approximate surface area is 203 Å². The maximum Gasteiger partial charge on any atom is 0.160 e. The monoisotopic (exact) mass is 447 g/mol. The minimum atomic E-state index is 0.722. The average Bonchev–Trinajstić information content (AvgIpc) is 3.32. The Balaban J connectivity index is 1.38. The molecule has 2 heterocycles. The van der Waals surface area contributed by atoms with E-state index in [4.69, 9.17) is 15.0 Å². The predicted molar refractivity (Wildman–Crippen MR) is 142 cm³/mol. The van der Waals surface area contributed by atoms with Gasteiger partial charge in [-0.15, -0.1) is 0 Å². The molecular weight excluding hydrogens is 426 g/mol. The second kappa shape index (κ2) is 8.00. The maximum atomic E-state index is 5.05. The van der Waals surface area contributed by atoms with Gasteiger partial charge >= 0.3 is 0 Å². The van der Waals surface area contributed by atoms with Crippen LogP contribution in [0.4, 0.5) is 0 Å². The van der Waals surface area contributed by atoms with Crippen LogP contribution in [0.15, 0.2) is 115 Å². The first-order valence-corrected chi connectivity index (χ1v) is 11.8. The van der Waals surface area contributed by atoms with E-state index >= 15 is 0 Å². The molecule has 3 heteroatoms. The first kappa shape index (κ1) is 19.8. The second-order valence-electron chi connectivity index (χ2n) is 8.88. The van der Waals surface area contributed by atoms with Crippen LogP contribution in [0.3, 0.4) is 0 Å². The predicted octanol–water partition coefficient (Wildman–Crippen LogP) is 7.60. The number of hydrogen-bond donors (Lipinski definition) is 0. The van der Waals surface area contributed by atoms with Crippen LogP contribution in [-0.4, -0.2) is 15.0 Å². The van der Waals surface area contributed by atoms with Crippen molar-refractivity contribution in [3.8, 4) is 45.0 Å². The molecule has 0 saturated carbocycles. The van der Waals surface area contributed by atoms with Crippen molar-refractivity contribution in [1.82, 2.24) is 15.0 Å². The van der Waals surface area contributed by atoms with Crippen molar-refractivity contribution in [1.29, 1.82) is 0 Å². The molecule has 6 aromatic rings. The smallest absolute Gasteiger partial charge is 0.160 e. The molecule has 3 nitrogen and oxygen atoms in total. The van der Waals surface area contributed by atoms with Crippen LogP contribution in [0, 0.1) is 0 Å². The Hall–Kier alpha value is -4.63. The highest BCUT2D eigenvalue weighted by molar-refractivity contribution is 5.93. The molecule has 0 amide bonds. The van der Waals surface area contributed by atoms with Crippen LogP contribution in [-0.2, 0) is 6.42 Å². The summed E-state index contributed by atoms with van der Waals surface area (Å²) in [5.41, 5.74) is 11.3. The van der Waals surface area contributed by atoms with E-state index in [1.807, 2.05) is 36.5 Å². The van der Waals surface area contributed by atoms with Crippen molar-refractivity contribution in [3.63, 3.8) is 0 Å². The van der Waals surface area contributed by atoms with Crippen LogP contribution in [0.2, 0.25) is 0 Å². The molecule has 0 fully saturated rings. The normalized spacial score (nSPS) is 11.9. The van der Waals surface area contributed by atoms with Crippen molar-refractivity contribution in [3.05, 3.63) is 127 Å². The number of benzene rings is 4. The Morgan fingerprint density at radius 2 is 1.31 bits per heavy atom. The Bertz CT molecular complexity index is 1720. The number of fused-ring (bicyclic) bond motifs is 4. The molecule has 1 aliphatic carbocycles. The molecule has 4 aromatic carbocycles. The summed E-state index contributed by atoms with van der Waals surface area (Å²) >= 11 is 0. The van der Waals surface area contributed by atoms with E-state index < -0.39 is 0 Å². The standard InChI is InChI=1S/C32H21N3/c1-2-9-21(10-3-1)31-27-15-6-7-16-29(27)34-32(35-31)24-13-8-12-23(19-24)30-28-20-22-11-4-5-14-25(22)26(28)17-18-33-30/h1-19H,20H2. The van der Waals surface area contributed by atoms with Crippen LogP contribution in [0.25, 0.3) is 55.9 Å². The number of aromatic nitrogens is 3. The zero-order valence-electron chi connectivity index (χ0n) is 19.0. The van der Waals surface area contributed by atoms with E-state index in [0.717, 1.165) is 51.2 Å². The molecule has 0 aliphatic heterocycles. The van der Waals surface area contributed by atoms with Gasteiger partial charge in [-0.1, -0.05) is 91.0 Å². The van der Waals surface area contributed by atoms with Gasteiger partial charge in [0.15, 0.2) is 5.82 Å². The third-order valence-corrected chi connectivity index (χ3v) is 6.78. The third kappa shape index (κ3) is 3.32. The van der Waals surface area contributed by atoms with Gasteiger partial charge in [0.1, 0.15) is 0 Å². The lowest BCUT2D eigenvalue weighted by Crippen LogP contribution is -1.96.